The smallest absolute Gasteiger partial charge is 0.244 e. The summed E-state index contributed by atoms with van der Waals surface area (Å²) in [6.07, 6.45) is 5.94. The summed E-state index contributed by atoms with van der Waals surface area (Å²) in [4.78, 5) is 15.7. The number of aliphatic hydroxyl groups is 1. The van der Waals surface area contributed by atoms with E-state index in [0.717, 1.165) is 0 Å². The van der Waals surface area contributed by atoms with Gasteiger partial charge in [-0.3, -0.25) is 9.78 Å². The van der Waals surface area contributed by atoms with Crippen LogP contribution in [-0.2, 0) is 4.79 Å². The number of ether oxygens (including phenoxy) is 1. The first-order valence-corrected chi connectivity index (χ1v) is 7.96. The molecule has 6 heteroatoms. The molecule has 1 amide bonds. The van der Waals surface area contributed by atoms with Crippen molar-refractivity contribution in [3.8, 4) is 11.5 Å². The van der Waals surface area contributed by atoms with E-state index in [2.05, 4.69) is 10.3 Å². The lowest BCUT2D eigenvalue weighted by atomic mass is 10.1. The van der Waals surface area contributed by atoms with E-state index in [1.54, 1.807) is 24.4 Å². The second-order valence-electron chi connectivity index (χ2n) is 5.77. The Labute approximate surface area is 146 Å². The molecule has 5 nitrogen and oxygen atoms in total. The van der Waals surface area contributed by atoms with Crippen LogP contribution in [0.5, 0.6) is 11.5 Å². The van der Waals surface area contributed by atoms with Crippen LogP contribution in [-0.4, -0.2) is 28.6 Å². The van der Waals surface area contributed by atoms with E-state index < -0.39 is 5.82 Å². The first-order valence-electron chi connectivity index (χ1n) is 7.96. The standard InChI is InChI=1S/C19H21FN2O3/c1-13(12-23)14(2)22-19(24)8-6-15-5-7-18(17(20)10-15)25-16-4-3-9-21-11-16/h3-11,13-14,23H,12H2,1-2H3,(H,22,24)/b8-6+. The van der Waals surface area contributed by atoms with E-state index in [9.17, 15) is 9.18 Å². The summed E-state index contributed by atoms with van der Waals surface area (Å²) < 4.78 is 19.5. The van der Waals surface area contributed by atoms with Gasteiger partial charge in [-0.1, -0.05) is 13.0 Å². The zero-order valence-corrected chi connectivity index (χ0v) is 14.1. The Hall–Kier alpha value is -2.73. The molecule has 0 aliphatic rings. The van der Waals surface area contributed by atoms with Crippen LogP contribution in [0.25, 0.3) is 6.08 Å². The molecule has 2 N–H and O–H groups in total. The van der Waals surface area contributed by atoms with Crippen molar-refractivity contribution in [2.45, 2.75) is 19.9 Å². The largest absolute Gasteiger partial charge is 0.453 e. The number of aliphatic hydroxyl groups excluding tert-OH is 1. The number of halogens is 1. The van der Waals surface area contributed by atoms with Crippen LogP contribution in [0.15, 0.2) is 48.8 Å². The van der Waals surface area contributed by atoms with Crippen molar-refractivity contribution in [3.05, 3.63) is 60.2 Å². The van der Waals surface area contributed by atoms with Crippen LogP contribution < -0.4 is 10.1 Å². The molecule has 2 atom stereocenters. The Morgan fingerprint density at radius 3 is 2.84 bits per heavy atom. The van der Waals surface area contributed by atoms with Gasteiger partial charge in [-0.05, 0) is 48.7 Å². The number of benzene rings is 1. The van der Waals surface area contributed by atoms with Crippen molar-refractivity contribution in [3.63, 3.8) is 0 Å². The Balaban J connectivity index is 1.99. The van der Waals surface area contributed by atoms with Crippen LogP contribution in [0, 0.1) is 11.7 Å². The molecule has 132 valence electrons. The first kappa shape index (κ1) is 18.6. The van der Waals surface area contributed by atoms with Crippen molar-refractivity contribution in [1.29, 1.82) is 0 Å². The average Bonchev–Trinajstić information content (AvgIpc) is 2.62. The van der Waals surface area contributed by atoms with Gasteiger partial charge in [-0.25, -0.2) is 4.39 Å². The maximum absolute atomic E-state index is 14.1. The van der Waals surface area contributed by atoms with Crippen LogP contribution >= 0.6 is 0 Å². The molecule has 0 aliphatic carbocycles. The van der Waals surface area contributed by atoms with E-state index in [1.807, 2.05) is 13.8 Å². The molecule has 0 saturated heterocycles. The molecule has 0 bridgehead atoms. The maximum atomic E-state index is 14.1. The van der Waals surface area contributed by atoms with Gasteiger partial charge in [0.25, 0.3) is 0 Å². The third-order valence-corrected chi connectivity index (χ3v) is 3.76. The van der Waals surface area contributed by atoms with Crippen molar-refractivity contribution >= 4 is 12.0 Å². The van der Waals surface area contributed by atoms with Gasteiger partial charge in [0.15, 0.2) is 11.6 Å². The van der Waals surface area contributed by atoms with Crippen LogP contribution in [0.2, 0.25) is 0 Å². The van der Waals surface area contributed by atoms with Gasteiger partial charge in [0.1, 0.15) is 5.75 Å². The normalized spacial score (nSPS) is 13.4. The Morgan fingerprint density at radius 2 is 2.20 bits per heavy atom. The first-order chi connectivity index (χ1) is 12.0. The number of pyridine rings is 1. The molecule has 0 spiro atoms. The van der Waals surface area contributed by atoms with Crippen LogP contribution in [0.1, 0.15) is 19.4 Å². The van der Waals surface area contributed by atoms with Crippen molar-refractivity contribution in [2.24, 2.45) is 5.92 Å². The zero-order chi connectivity index (χ0) is 18.2. The summed E-state index contributed by atoms with van der Waals surface area (Å²) in [5.74, 6) is -0.354. The number of aromatic nitrogens is 1. The Kier molecular flexibility index (Phi) is 6.65. The average molecular weight is 344 g/mol. The SMILES string of the molecule is CC(CO)C(C)NC(=O)/C=C/c1ccc(Oc2cccnc2)c(F)c1. The molecule has 2 aromatic rings. The molecule has 0 saturated carbocycles. The van der Waals surface area contributed by atoms with E-state index in [4.69, 9.17) is 9.84 Å². The molecule has 1 aromatic carbocycles. The van der Waals surface area contributed by atoms with Gasteiger partial charge in [0.2, 0.25) is 5.91 Å². The minimum atomic E-state index is -0.534. The highest BCUT2D eigenvalue weighted by Gasteiger charge is 2.12. The number of nitrogens with one attached hydrogen (secondary N) is 1. The fourth-order valence-corrected chi connectivity index (χ4v) is 1.98. The van der Waals surface area contributed by atoms with Gasteiger partial charge >= 0.3 is 0 Å². The van der Waals surface area contributed by atoms with E-state index >= 15 is 0 Å². The predicted octanol–water partition coefficient (Wildman–Crippen LogP) is 3.16. The number of nitrogens with zero attached hydrogens (tertiary/aromatic N) is 1. The number of hydrogen-bond acceptors (Lipinski definition) is 4. The number of amides is 1. The molecule has 1 aromatic heterocycles. The quantitative estimate of drug-likeness (QED) is 0.757. The van der Waals surface area contributed by atoms with Crippen molar-refractivity contribution < 1.29 is 19.0 Å². The predicted molar refractivity (Wildman–Crippen MR) is 93.6 cm³/mol. The number of carbonyl (C=O) groups is 1. The maximum Gasteiger partial charge on any atom is 0.244 e. The second-order valence-corrected chi connectivity index (χ2v) is 5.77. The fourth-order valence-electron chi connectivity index (χ4n) is 1.98. The molecule has 1 heterocycles. The number of hydrogen-bond donors (Lipinski definition) is 2. The molecule has 0 radical (unpaired) electrons. The minimum Gasteiger partial charge on any atom is -0.453 e. The number of carbonyl (C=O) groups excluding carboxylic acids is 1. The zero-order valence-electron chi connectivity index (χ0n) is 14.1. The van der Waals surface area contributed by atoms with Gasteiger partial charge in [0.05, 0.1) is 6.20 Å². The van der Waals surface area contributed by atoms with Crippen molar-refractivity contribution in [1.82, 2.24) is 10.3 Å². The summed E-state index contributed by atoms with van der Waals surface area (Å²) in [6.45, 7) is 3.65. The van der Waals surface area contributed by atoms with Crippen molar-refractivity contribution in [2.75, 3.05) is 6.61 Å². The van der Waals surface area contributed by atoms with Gasteiger partial charge in [0, 0.05) is 24.9 Å². The van der Waals surface area contributed by atoms with Gasteiger partial charge in [-0.2, -0.15) is 0 Å². The Morgan fingerprint density at radius 1 is 1.40 bits per heavy atom. The van der Waals surface area contributed by atoms with Crippen LogP contribution in [0.4, 0.5) is 4.39 Å². The monoisotopic (exact) mass is 344 g/mol. The third kappa shape index (κ3) is 5.69. The number of rotatable bonds is 7. The van der Waals surface area contributed by atoms with E-state index in [0.29, 0.717) is 11.3 Å². The minimum absolute atomic E-state index is 0.00519. The van der Waals surface area contributed by atoms with Gasteiger partial charge in [-0.15, -0.1) is 0 Å². The fraction of sp³-hybridized carbons (Fsp3) is 0.263. The summed E-state index contributed by atoms with van der Waals surface area (Å²) in [7, 11) is 0. The topological polar surface area (TPSA) is 71.5 Å². The lowest BCUT2D eigenvalue weighted by Crippen LogP contribution is -2.37. The third-order valence-electron chi connectivity index (χ3n) is 3.76. The highest BCUT2D eigenvalue weighted by atomic mass is 19.1. The lowest BCUT2D eigenvalue weighted by molar-refractivity contribution is -0.117. The highest BCUT2D eigenvalue weighted by Crippen LogP contribution is 2.24. The summed E-state index contributed by atoms with van der Waals surface area (Å²) in [6, 6.07) is 7.65. The van der Waals surface area contributed by atoms with Crippen LogP contribution in [0.3, 0.4) is 0 Å². The molecule has 2 rings (SSSR count). The highest BCUT2D eigenvalue weighted by molar-refractivity contribution is 5.91. The molecular formula is C19H21FN2O3. The lowest BCUT2D eigenvalue weighted by Gasteiger charge is -2.18. The molecular weight excluding hydrogens is 323 g/mol. The van der Waals surface area contributed by atoms with Gasteiger partial charge < -0.3 is 15.2 Å². The molecule has 2 unspecified atom stereocenters. The molecule has 0 aliphatic heterocycles. The summed E-state index contributed by atoms with van der Waals surface area (Å²) >= 11 is 0. The second kappa shape index (κ2) is 8.94. The molecule has 0 fully saturated rings. The van der Waals surface area contributed by atoms with E-state index in [1.165, 1.54) is 30.5 Å². The molecule has 25 heavy (non-hydrogen) atoms. The summed E-state index contributed by atoms with van der Waals surface area (Å²) in [5, 5.41) is 11.8. The Bertz CT molecular complexity index is 735. The van der Waals surface area contributed by atoms with E-state index in [-0.39, 0.29) is 30.2 Å². The summed E-state index contributed by atoms with van der Waals surface area (Å²) in [5.41, 5.74) is 0.536.